The predicted molar refractivity (Wildman–Crippen MR) is 67.1 cm³/mol. The lowest BCUT2D eigenvalue weighted by Crippen LogP contribution is -2.49. The Morgan fingerprint density at radius 1 is 1.11 bits per heavy atom. The molecule has 0 radical (unpaired) electrons. The summed E-state index contributed by atoms with van der Waals surface area (Å²) in [6, 6.07) is -1.21. The van der Waals surface area contributed by atoms with E-state index in [1.54, 1.807) is 0 Å². The number of carbonyl (C=O) groups excluding carboxylic acids is 1. The number of hydrogen-bond acceptors (Lipinski definition) is 3. The molecule has 104 valence electrons. The second kappa shape index (κ2) is 7.36. The van der Waals surface area contributed by atoms with Crippen molar-refractivity contribution in [3.63, 3.8) is 0 Å². The Bertz CT molecular complexity index is 283. The van der Waals surface area contributed by atoms with Gasteiger partial charge in [-0.3, -0.25) is 4.79 Å². The summed E-state index contributed by atoms with van der Waals surface area (Å²) in [5.74, 6) is -1.53. The first-order valence-corrected chi connectivity index (χ1v) is 6.73. The van der Waals surface area contributed by atoms with Crippen molar-refractivity contribution in [2.24, 2.45) is 5.92 Å². The van der Waals surface area contributed by atoms with Crippen molar-refractivity contribution >= 4 is 11.9 Å². The Hall–Kier alpha value is -1.10. The predicted octanol–water partition coefficient (Wildman–Crippen LogP) is 1.30. The molecule has 0 saturated heterocycles. The summed E-state index contributed by atoms with van der Waals surface area (Å²) in [4.78, 5) is 22.9. The van der Waals surface area contributed by atoms with E-state index in [-0.39, 0.29) is 11.8 Å². The molecule has 2 unspecified atom stereocenters. The highest BCUT2D eigenvalue weighted by Gasteiger charge is 2.28. The van der Waals surface area contributed by atoms with Gasteiger partial charge in [0.2, 0.25) is 5.91 Å². The van der Waals surface area contributed by atoms with Crippen LogP contribution in [0.5, 0.6) is 0 Å². The maximum absolute atomic E-state index is 12.0. The van der Waals surface area contributed by atoms with Gasteiger partial charge in [-0.15, -0.1) is 0 Å². The molecule has 1 fully saturated rings. The van der Waals surface area contributed by atoms with Crippen LogP contribution in [0, 0.1) is 5.92 Å². The van der Waals surface area contributed by atoms with Crippen LogP contribution in [0.4, 0.5) is 0 Å². The number of carboxylic acids is 1. The second-order valence-corrected chi connectivity index (χ2v) is 5.11. The van der Waals surface area contributed by atoms with Gasteiger partial charge in [0.25, 0.3) is 0 Å². The highest BCUT2D eigenvalue weighted by atomic mass is 16.4. The normalized spacial score (nSPS) is 21.4. The fourth-order valence-corrected chi connectivity index (χ4v) is 2.38. The van der Waals surface area contributed by atoms with Gasteiger partial charge in [-0.05, 0) is 19.8 Å². The number of carboxylic acid groups (broad SMARTS) is 1. The molecule has 5 nitrogen and oxygen atoms in total. The Kier molecular flexibility index (Phi) is 6.12. The van der Waals surface area contributed by atoms with Gasteiger partial charge in [0.15, 0.2) is 6.04 Å². The zero-order valence-corrected chi connectivity index (χ0v) is 10.9. The molecule has 1 amide bonds. The van der Waals surface area contributed by atoms with Crippen molar-refractivity contribution in [3.05, 3.63) is 0 Å². The lowest BCUT2D eigenvalue weighted by molar-refractivity contribution is -0.145. The van der Waals surface area contributed by atoms with E-state index in [4.69, 9.17) is 5.11 Å². The minimum absolute atomic E-state index is 0.106. The molecule has 1 rings (SSSR count). The van der Waals surface area contributed by atoms with Crippen molar-refractivity contribution in [2.75, 3.05) is 0 Å². The molecule has 3 N–H and O–H groups in total. The van der Waals surface area contributed by atoms with E-state index in [9.17, 15) is 14.7 Å². The Morgan fingerprint density at radius 3 is 2.06 bits per heavy atom. The van der Waals surface area contributed by atoms with Gasteiger partial charge in [-0.25, -0.2) is 4.79 Å². The van der Waals surface area contributed by atoms with Gasteiger partial charge in [-0.2, -0.15) is 0 Å². The number of nitrogens with one attached hydrogen (secondary N) is 1. The van der Waals surface area contributed by atoms with Gasteiger partial charge in [0.05, 0.1) is 6.10 Å². The molecule has 1 aliphatic rings. The molecule has 0 spiro atoms. The molecule has 0 aromatic heterocycles. The molecule has 0 aromatic rings. The van der Waals surface area contributed by atoms with Crippen LogP contribution in [0.1, 0.15) is 51.9 Å². The van der Waals surface area contributed by atoms with E-state index in [0.717, 1.165) is 38.5 Å². The van der Waals surface area contributed by atoms with Crippen molar-refractivity contribution in [3.8, 4) is 0 Å². The van der Waals surface area contributed by atoms with E-state index >= 15 is 0 Å². The summed E-state index contributed by atoms with van der Waals surface area (Å²) >= 11 is 0. The summed E-state index contributed by atoms with van der Waals surface area (Å²) in [6.07, 6.45) is 6.09. The zero-order valence-electron chi connectivity index (χ0n) is 10.9. The second-order valence-electron chi connectivity index (χ2n) is 5.11. The van der Waals surface area contributed by atoms with E-state index in [2.05, 4.69) is 5.32 Å². The maximum atomic E-state index is 12.0. The molecule has 18 heavy (non-hydrogen) atoms. The fraction of sp³-hybridized carbons (Fsp3) is 0.846. The van der Waals surface area contributed by atoms with E-state index in [1.807, 2.05) is 0 Å². The lowest BCUT2D eigenvalue weighted by atomic mass is 9.90. The number of carbonyl (C=O) groups is 2. The van der Waals surface area contributed by atoms with Crippen molar-refractivity contribution in [1.29, 1.82) is 0 Å². The quantitative estimate of drug-likeness (QED) is 0.708. The summed E-state index contributed by atoms with van der Waals surface area (Å²) in [6.45, 7) is 1.37. The summed E-state index contributed by atoms with van der Waals surface area (Å²) in [7, 11) is 0. The number of aliphatic carboxylic acids is 1. The van der Waals surface area contributed by atoms with Crippen molar-refractivity contribution in [1.82, 2.24) is 5.32 Å². The van der Waals surface area contributed by atoms with Crippen LogP contribution in [-0.2, 0) is 9.59 Å². The standard InChI is InChI=1S/C13H23NO4/c1-9(15)11(13(17)18)14-12(16)10-7-5-3-2-4-6-8-10/h9-11,15H,2-8H2,1H3,(H,14,16)(H,17,18). The minimum atomic E-state index is -1.21. The number of aliphatic hydroxyl groups excluding tert-OH is 1. The van der Waals surface area contributed by atoms with Crippen molar-refractivity contribution in [2.45, 2.75) is 64.0 Å². The Balaban J connectivity index is 2.53. The summed E-state index contributed by atoms with van der Waals surface area (Å²) in [5.41, 5.74) is 0. The molecule has 0 aliphatic heterocycles. The third-order valence-electron chi connectivity index (χ3n) is 3.52. The van der Waals surface area contributed by atoms with E-state index < -0.39 is 18.1 Å². The Morgan fingerprint density at radius 2 is 1.61 bits per heavy atom. The lowest BCUT2D eigenvalue weighted by Gasteiger charge is -2.23. The van der Waals surface area contributed by atoms with E-state index in [0.29, 0.717) is 0 Å². The van der Waals surface area contributed by atoms with Crippen LogP contribution in [-0.4, -0.2) is 34.2 Å². The highest BCUT2D eigenvalue weighted by Crippen LogP contribution is 2.22. The average molecular weight is 257 g/mol. The van der Waals surface area contributed by atoms with Gasteiger partial charge < -0.3 is 15.5 Å². The average Bonchev–Trinajstić information content (AvgIpc) is 2.24. The van der Waals surface area contributed by atoms with Crippen LogP contribution in [0.3, 0.4) is 0 Å². The summed E-state index contributed by atoms with van der Waals surface area (Å²) < 4.78 is 0. The molecule has 5 heteroatoms. The van der Waals surface area contributed by atoms with Crippen LogP contribution < -0.4 is 5.32 Å². The first-order valence-electron chi connectivity index (χ1n) is 6.73. The SMILES string of the molecule is CC(O)C(NC(=O)C1CCCCCCC1)C(=O)O. The monoisotopic (exact) mass is 257 g/mol. The highest BCUT2D eigenvalue weighted by molar-refractivity contribution is 5.85. The number of amides is 1. The molecule has 0 heterocycles. The van der Waals surface area contributed by atoms with Gasteiger partial charge in [0.1, 0.15) is 0 Å². The number of aliphatic hydroxyl groups is 1. The number of hydrogen-bond donors (Lipinski definition) is 3. The Labute approximate surface area is 108 Å². The molecule has 0 bridgehead atoms. The van der Waals surface area contributed by atoms with E-state index in [1.165, 1.54) is 13.3 Å². The smallest absolute Gasteiger partial charge is 0.328 e. The van der Waals surface area contributed by atoms with Gasteiger partial charge in [-0.1, -0.05) is 32.1 Å². The van der Waals surface area contributed by atoms with Crippen LogP contribution in [0.2, 0.25) is 0 Å². The molecule has 1 aliphatic carbocycles. The molecular formula is C13H23NO4. The van der Waals surface area contributed by atoms with Crippen LogP contribution >= 0.6 is 0 Å². The molecule has 1 saturated carbocycles. The molecule has 0 aromatic carbocycles. The largest absolute Gasteiger partial charge is 0.480 e. The summed E-state index contributed by atoms with van der Waals surface area (Å²) in [5, 5.41) is 20.7. The third-order valence-corrected chi connectivity index (χ3v) is 3.52. The fourth-order valence-electron chi connectivity index (χ4n) is 2.38. The van der Waals surface area contributed by atoms with Crippen LogP contribution in [0.25, 0.3) is 0 Å². The molecule has 2 atom stereocenters. The first kappa shape index (κ1) is 15.0. The third kappa shape index (κ3) is 4.64. The molecular weight excluding hydrogens is 234 g/mol. The topological polar surface area (TPSA) is 86.6 Å². The minimum Gasteiger partial charge on any atom is -0.480 e. The first-order chi connectivity index (χ1) is 8.52. The zero-order chi connectivity index (χ0) is 13.5. The maximum Gasteiger partial charge on any atom is 0.328 e. The van der Waals surface area contributed by atoms with Gasteiger partial charge >= 0.3 is 5.97 Å². The number of rotatable bonds is 4. The van der Waals surface area contributed by atoms with Crippen LogP contribution in [0.15, 0.2) is 0 Å². The van der Waals surface area contributed by atoms with Gasteiger partial charge in [0, 0.05) is 5.92 Å². The van der Waals surface area contributed by atoms with Crippen molar-refractivity contribution < 1.29 is 19.8 Å².